The maximum Gasteiger partial charge on any atom is 0.268 e. The molecular formula is C17H14N6O2. The van der Waals surface area contributed by atoms with Crippen molar-refractivity contribution in [3.8, 4) is 23.0 Å². The summed E-state index contributed by atoms with van der Waals surface area (Å²) in [6.07, 6.45) is 11.2. The van der Waals surface area contributed by atoms with Gasteiger partial charge in [-0.05, 0) is 18.9 Å². The van der Waals surface area contributed by atoms with Gasteiger partial charge in [-0.15, -0.1) is 10.2 Å². The molecule has 0 aliphatic heterocycles. The van der Waals surface area contributed by atoms with Gasteiger partial charge in [-0.25, -0.2) is 9.97 Å². The first kappa shape index (κ1) is 14.2. The maximum atomic E-state index is 5.73. The van der Waals surface area contributed by atoms with E-state index in [1.807, 2.05) is 6.07 Å². The van der Waals surface area contributed by atoms with E-state index in [2.05, 4.69) is 30.3 Å². The normalized spacial score (nSPS) is 15.2. The van der Waals surface area contributed by atoms with Gasteiger partial charge in [0, 0.05) is 24.5 Å². The first-order valence-electron chi connectivity index (χ1n) is 8.24. The van der Waals surface area contributed by atoms with E-state index in [0.717, 1.165) is 29.5 Å². The van der Waals surface area contributed by atoms with Crippen LogP contribution in [0.5, 0.6) is 0 Å². The molecule has 4 heterocycles. The minimum absolute atomic E-state index is 0.324. The molecule has 0 spiro atoms. The Bertz CT molecular complexity index is 1020. The van der Waals surface area contributed by atoms with Gasteiger partial charge < -0.3 is 8.94 Å². The van der Waals surface area contributed by atoms with Crippen LogP contribution in [0.25, 0.3) is 34.1 Å². The second-order valence-corrected chi connectivity index (χ2v) is 6.13. The highest BCUT2D eigenvalue weighted by atomic mass is 16.5. The minimum atomic E-state index is 0.324. The number of aromatic nitrogens is 6. The van der Waals surface area contributed by atoms with E-state index in [1.165, 1.54) is 12.8 Å². The molecule has 0 saturated heterocycles. The smallest absolute Gasteiger partial charge is 0.268 e. The molecule has 4 aromatic rings. The molecule has 8 heteroatoms. The third-order valence-electron chi connectivity index (χ3n) is 4.55. The Kier molecular flexibility index (Phi) is 3.26. The summed E-state index contributed by atoms with van der Waals surface area (Å²) in [4.78, 5) is 12.5. The van der Waals surface area contributed by atoms with Crippen LogP contribution in [0.15, 0.2) is 39.8 Å². The van der Waals surface area contributed by atoms with Crippen molar-refractivity contribution >= 4 is 11.1 Å². The van der Waals surface area contributed by atoms with Crippen LogP contribution in [0.4, 0.5) is 0 Å². The molecule has 1 fully saturated rings. The van der Waals surface area contributed by atoms with E-state index in [4.69, 9.17) is 8.94 Å². The average molecular weight is 334 g/mol. The third kappa shape index (κ3) is 2.46. The molecule has 25 heavy (non-hydrogen) atoms. The number of nitrogens with zero attached hydrogens (tertiary/aromatic N) is 6. The van der Waals surface area contributed by atoms with E-state index < -0.39 is 0 Å². The van der Waals surface area contributed by atoms with Crippen molar-refractivity contribution in [3.63, 3.8) is 0 Å². The molecular weight excluding hydrogens is 320 g/mol. The first-order valence-corrected chi connectivity index (χ1v) is 8.24. The number of hydrogen-bond acceptors (Lipinski definition) is 8. The van der Waals surface area contributed by atoms with Crippen molar-refractivity contribution in [1.29, 1.82) is 0 Å². The monoisotopic (exact) mass is 334 g/mol. The Morgan fingerprint density at radius 1 is 0.960 bits per heavy atom. The zero-order valence-corrected chi connectivity index (χ0v) is 13.3. The van der Waals surface area contributed by atoms with Crippen molar-refractivity contribution in [3.05, 3.63) is 36.5 Å². The van der Waals surface area contributed by atoms with E-state index in [9.17, 15) is 0 Å². The highest BCUT2D eigenvalue weighted by molar-refractivity contribution is 5.80. The quantitative estimate of drug-likeness (QED) is 0.561. The number of fused-ring (bicyclic) bond motifs is 1. The van der Waals surface area contributed by atoms with Crippen LogP contribution in [0.1, 0.15) is 37.3 Å². The molecule has 1 aliphatic carbocycles. The lowest BCUT2D eigenvalue weighted by molar-refractivity contribution is 0.430. The standard InChI is InChI=1S/C17H14N6O2/c1-2-4-10(3-1)14-12-7-11(8-20-16(12)25-23-14)15-21-22-17(24-15)13-9-18-5-6-19-13/h5-10H,1-4H2. The molecule has 0 atom stereocenters. The third-order valence-corrected chi connectivity index (χ3v) is 4.55. The Balaban J connectivity index is 1.55. The lowest BCUT2D eigenvalue weighted by Gasteiger charge is -2.03. The number of pyridine rings is 1. The largest absolute Gasteiger partial charge is 0.414 e. The summed E-state index contributed by atoms with van der Waals surface area (Å²) < 4.78 is 11.1. The molecule has 0 N–H and O–H groups in total. The number of hydrogen-bond donors (Lipinski definition) is 0. The SMILES string of the molecule is c1cnc(-c2nnc(-c3cnc4onc(C5CCCC5)c4c3)o2)cn1. The van der Waals surface area contributed by atoms with Gasteiger partial charge in [0.2, 0.25) is 5.89 Å². The summed E-state index contributed by atoms with van der Waals surface area (Å²) in [5.41, 5.74) is 2.79. The van der Waals surface area contributed by atoms with Crippen molar-refractivity contribution in [2.45, 2.75) is 31.6 Å². The molecule has 4 aromatic heterocycles. The Labute approximate surface area is 142 Å². The molecule has 1 aliphatic rings. The van der Waals surface area contributed by atoms with E-state index >= 15 is 0 Å². The van der Waals surface area contributed by atoms with Crippen LogP contribution < -0.4 is 0 Å². The molecule has 124 valence electrons. The molecule has 8 nitrogen and oxygen atoms in total. The lowest BCUT2D eigenvalue weighted by Crippen LogP contribution is -1.93. The molecule has 0 unspecified atom stereocenters. The van der Waals surface area contributed by atoms with Crippen LogP contribution in [0.3, 0.4) is 0 Å². The molecule has 1 saturated carbocycles. The second kappa shape index (κ2) is 5.73. The van der Waals surface area contributed by atoms with Gasteiger partial charge in [0.25, 0.3) is 11.6 Å². The van der Waals surface area contributed by atoms with Gasteiger partial charge in [-0.3, -0.25) is 4.98 Å². The van der Waals surface area contributed by atoms with E-state index in [-0.39, 0.29) is 0 Å². The summed E-state index contributed by atoms with van der Waals surface area (Å²) in [6, 6.07) is 1.96. The molecule has 0 aromatic carbocycles. The topological polar surface area (TPSA) is 104 Å². The van der Waals surface area contributed by atoms with Gasteiger partial charge in [0.1, 0.15) is 5.69 Å². The fraction of sp³-hybridized carbons (Fsp3) is 0.294. The van der Waals surface area contributed by atoms with Crippen molar-refractivity contribution in [2.24, 2.45) is 0 Å². The molecule has 0 amide bonds. The summed E-state index contributed by atoms with van der Waals surface area (Å²) in [5.74, 6) is 1.15. The predicted octanol–water partition coefficient (Wildman–Crippen LogP) is 3.39. The maximum absolute atomic E-state index is 5.73. The summed E-state index contributed by atoms with van der Waals surface area (Å²) in [7, 11) is 0. The van der Waals surface area contributed by atoms with Crippen molar-refractivity contribution in [1.82, 2.24) is 30.3 Å². The average Bonchev–Trinajstić information content (AvgIpc) is 3.41. The summed E-state index contributed by atoms with van der Waals surface area (Å²) >= 11 is 0. The fourth-order valence-corrected chi connectivity index (χ4v) is 3.31. The fourth-order valence-electron chi connectivity index (χ4n) is 3.31. The van der Waals surface area contributed by atoms with Gasteiger partial charge in [0.05, 0.1) is 22.8 Å². The van der Waals surface area contributed by atoms with Crippen LogP contribution in [-0.4, -0.2) is 30.3 Å². The zero-order valence-electron chi connectivity index (χ0n) is 13.3. The highest BCUT2D eigenvalue weighted by Gasteiger charge is 2.24. The predicted molar refractivity (Wildman–Crippen MR) is 87.3 cm³/mol. The Hall–Kier alpha value is -3.16. The van der Waals surface area contributed by atoms with Crippen LogP contribution in [0, 0.1) is 0 Å². The van der Waals surface area contributed by atoms with Gasteiger partial charge in [0.15, 0.2) is 0 Å². The summed E-state index contributed by atoms with van der Waals surface area (Å²) in [6.45, 7) is 0. The number of rotatable bonds is 3. The summed E-state index contributed by atoms with van der Waals surface area (Å²) in [5, 5.41) is 13.3. The molecule has 0 bridgehead atoms. The van der Waals surface area contributed by atoms with E-state index in [1.54, 1.807) is 24.8 Å². The van der Waals surface area contributed by atoms with Crippen LogP contribution >= 0.6 is 0 Å². The molecule has 5 rings (SSSR count). The van der Waals surface area contributed by atoms with Crippen molar-refractivity contribution < 1.29 is 8.94 Å². The second-order valence-electron chi connectivity index (χ2n) is 6.13. The minimum Gasteiger partial charge on any atom is -0.414 e. The van der Waals surface area contributed by atoms with Crippen molar-refractivity contribution in [2.75, 3.05) is 0 Å². The van der Waals surface area contributed by atoms with Crippen LogP contribution in [-0.2, 0) is 0 Å². The van der Waals surface area contributed by atoms with Crippen LogP contribution in [0.2, 0.25) is 0 Å². The van der Waals surface area contributed by atoms with E-state index in [0.29, 0.717) is 29.1 Å². The zero-order chi connectivity index (χ0) is 16.6. The Morgan fingerprint density at radius 3 is 2.68 bits per heavy atom. The lowest BCUT2D eigenvalue weighted by atomic mass is 10.0. The Morgan fingerprint density at radius 2 is 1.84 bits per heavy atom. The van der Waals surface area contributed by atoms with Gasteiger partial charge in [-0.2, -0.15) is 0 Å². The van der Waals surface area contributed by atoms with Gasteiger partial charge in [-0.1, -0.05) is 18.0 Å². The first-order chi connectivity index (χ1) is 12.4. The highest BCUT2D eigenvalue weighted by Crippen LogP contribution is 2.37. The van der Waals surface area contributed by atoms with Gasteiger partial charge >= 0.3 is 0 Å². The molecule has 0 radical (unpaired) electrons.